The summed E-state index contributed by atoms with van der Waals surface area (Å²) < 4.78 is 0. The molecule has 0 spiro atoms. The Balaban J connectivity index is 3.90. The van der Waals surface area contributed by atoms with Crippen molar-refractivity contribution in [3.63, 3.8) is 0 Å². The van der Waals surface area contributed by atoms with E-state index in [4.69, 9.17) is 5.73 Å². The van der Waals surface area contributed by atoms with Crippen LogP contribution in [0.1, 0.15) is 52.9 Å². The molecule has 0 aromatic rings. The van der Waals surface area contributed by atoms with Crippen LogP contribution in [-0.2, 0) is 4.79 Å². The second kappa shape index (κ2) is 9.64. The molecular weight excluding hydrogens is 200 g/mol. The van der Waals surface area contributed by atoms with Crippen molar-refractivity contribution in [3.05, 3.63) is 0 Å². The van der Waals surface area contributed by atoms with E-state index < -0.39 is 0 Å². The second-order valence-electron chi connectivity index (χ2n) is 4.70. The van der Waals surface area contributed by atoms with E-state index in [0.717, 1.165) is 38.6 Å². The molecule has 0 aromatic heterocycles. The molecule has 1 unspecified atom stereocenters. The molecule has 0 fully saturated rings. The van der Waals surface area contributed by atoms with Crippen LogP contribution in [0.25, 0.3) is 0 Å². The summed E-state index contributed by atoms with van der Waals surface area (Å²) in [5.74, 6) is 0.922. The van der Waals surface area contributed by atoms with Crippen LogP contribution in [0.15, 0.2) is 0 Å². The van der Waals surface area contributed by atoms with Gasteiger partial charge in [-0.2, -0.15) is 0 Å². The van der Waals surface area contributed by atoms with E-state index in [1.54, 1.807) is 0 Å². The number of nitrogens with two attached hydrogens (primary N) is 1. The van der Waals surface area contributed by atoms with E-state index in [9.17, 15) is 4.79 Å². The van der Waals surface area contributed by atoms with Gasteiger partial charge in [-0.1, -0.05) is 33.6 Å². The Morgan fingerprint density at radius 1 is 1.19 bits per heavy atom. The smallest absolute Gasteiger partial charge is 0.223 e. The SMILES string of the molecule is CCCC(CCC)C(=O)NCC(C)CCN. The molecular formula is C13H28N2O. The lowest BCUT2D eigenvalue weighted by atomic mass is 9.97. The van der Waals surface area contributed by atoms with E-state index in [2.05, 4.69) is 26.1 Å². The zero-order valence-corrected chi connectivity index (χ0v) is 11.1. The van der Waals surface area contributed by atoms with Gasteiger partial charge in [-0.25, -0.2) is 0 Å². The lowest BCUT2D eigenvalue weighted by Crippen LogP contribution is -2.34. The molecule has 0 aliphatic rings. The predicted octanol–water partition coefficient (Wildman–Crippen LogP) is 2.30. The fourth-order valence-electron chi connectivity index (χ4n) is 1.91. The molecule has 0 heterocycles. The molecule has 1 atom stereocenters. The first-order chi connectivity index (χ1) is 7.65. The van der Waals surface area contributed by atoms with Gasteiger partial charge in [0.25, 0.3) is 0 Å². The van der Waals surface area contributed by atoms with Crippen molar-refractivity contribution < 1.29 is 4.79 Å². The Kier molecular flexibility index (Phi) is 9.30. The largest absolute Gasteiger partial charge is 0.356 e. The highest BCUT2D eigenvalue weighted by atomic mass is 16.1. The fraction of sp³-hybridized carbons (Fsp3) is 0.923. The third-order valence-corrected chi connectivity index (χ3v) is 2.93. The van der Waals surface area contributed by atoms with Crippen LogP contribution < -0.4 is 11.1 Å². The summed E-state index contributed by atoms with van der Waals surface area (Å²) in [7, 11) is 0. The molecule has 3 nitrogen and oxygen atoms in total. The molecule has 3 heteroatoms. The Morgan fingerprint density at radius 3 is 2.19 bits per heavy atom. The van der Waals surface area contributed by atoms with E-state index in [0.29, 0.717) is 12.5 Å². The second-order valence-corrected chi connectivity index (χ2v) is 4.70. The summed E-state index contributed by atoms with van der Waals surface area (Å²) >= 11 is 0. The summed E-state index contributed by atoms with van der Waals surface area (Å²) in [4.78, 5) is 11.9. The lowest BCUT2D eigenvalue weighted by Gasteiger charge is -2.17. The van der Waals surface area contributed by atoms with Gasteiger partial charge in [0.2, 0.25) is 5.91 Å². The molecule has 0 aliphatic heterocycles. The van der Waals surface area contributed by atoms with Crippen molar-refractivity contribution in [2.45, 2.75) is 52.9 Å². The van der Waals surface area contributed by atoms with Gasteiger partial charge < -0.3 is 11.1 Å². The van der Waals surface area contributed by atoms with Gasteiger partial charge in [-0.3, -0.25) is 4.79 Å². The van der Waals surface area contributed by atoms with Crippen LogP contribution in [-0.4, -0.2) is 19.0 Å². The first kappa shape index (κ1) is 15.4. The fourth-order valence-corrected chi connectivity index (χ4v) is 1.91. The molecule has 0 aromatic carbocycles. The first-order valence-corrected chi connectivity index (χ1v) is 6.63. The first-order valence-electron chi connectivity index (χ1n) is 6.63. The third-order valence-electron chi connectivity index (χ3n) is 2.93. The minimum atomic E-state index is 0.208. The standard InChI is InChI=1S/C13H28N2O/c1-4-6-12(7-5-2)13(16)15-10-11(3)8-9-14/h11-12H,4-10,14H2,1-3H3,(H,15,16). The zero-order chi connectivity index (χ0) is 12.4. The maximum atomic E-state index is 11.9. The van der Waals surface area contributed by atoms with Gasteiger partial charge in [-0.05, 0) is 31.7 Å². The van der Waals surface area contributed by atoms with Crippen LogP contribution in [0, 0.1) is 11.8 Å². The highest BCUT2D eigenvalue weighted by Crippen LogP contribution is 2.13. The number of hydrogen-bond donors (Lipinski definition) is 2. The van der Waals surface area contributed by atoms with Gasteiger partial charge >= 0.3 is 0 Å². The highest BCUT2D eigenvalue weighted by molar-refractivity contribution is 5.78. The number of hydrogen-bond acceptors (Lipinski definition) is 2. The Labute approximate surface area is 100 Å². The lowest BCUT2D eigenvalue weighted by molar-refractivity contribution is -0.125. The van der Waals surface area contributed by atoms with Gasteiger partial charge in [0.1, 0.15) is 0 Å². The van der Waals surface area contributed by atoms with Gasteiger partial charge in [0.05, 0.1) is 0 Å². The summed E-state index contributed by atoms with van der Waals surface area (Å²) in [6.45, 7) is 7.85. The predicted molar refractivity (Wildman–Crippen MR) is 69.2 cm³/mol. The Bertz CT molecular complexity index is 177. The van der Waals surface area contributed by atoms with E-state index in [1.165, 1.54) is 0 Å². The Morgan fingerprint density at radius 2 is 1.75 bits per heavy atom. The summed E-state index contributed by atoms with van der Waals surface area (Å²) in [5, 5.41) is 3.04. The molecule has 0 bridgehead atoms. The maximum Gasteiger partial charge on any atom is 0.223 e. The number of amides is 1. The molecule has 0 saturated carbocycles. The van der Waals surface area contributed by atoms with Crippen LogP contribution in [0.3, 0.4) is 0 Å². The van der Waals surface area contributed by atoms with Crippen molar-refractivity contribution in [2.75, 3.05) is 13.1 Å². The third kappa shape index (κ3) is 6.83. The van der Waals surface area contributed by atoms with Crippen LogP contribution >= 0.6 is 0 Å². The van der Waals surface area contributed by atoms with Gasteiger partial charge in [-0.15, -0.1) is 0 Å². The number of carbonyl (C=O) groups excluding carboxylic acids is 1. The summed E-state index contributed by atoms with van der Waals surface area (Å²) in [6.07, 6.45) is 5.15. The topological polar surface area (TPSA) is 55.1 Å². The number of rotatable bonds is 9. The molecule has 0 rings (SSSR count). The molecule has 96 valence electrons. The summed E-state index contributed by atoms with van der Waals surface area (Å²) in [6, 6.07) is 0. The molecule has 0 saturated heterocycles. The van der Waals surface area contributed by atoms with Crippen molar-refractivity contribution in [3.8, 4) is 0 Å². The van der Waals surface area contributed by atoms with Gasteiger partial charge in [0, 0.05) is 12.5 Å². The van der Waals surface area contributed by atoms with Crippen LogP contribution in [0.2, 0.25) is 0 Å². The number of carbonyl (C=O) groups is 1. The maximum absolute atomic E-state index is 11.9. The monoisotopic (exact) mass is 228 g/mol. The normalized spacial score (nSPS) is 12.8. The van der Waals surface area contributed by atoms with Crippen molar-refractivity contribution in [2.24, 2.45) is 17.6 Å². The molecule has 16 heavy (non-hydrogen) atoms. The molecule has 1 amide bonds. The van der Waals surface area contributed by atoms with Crippen LogP contribution in [0.5, 0.6) is 0 Å². The highest BCUT2D eigenvalue weighted by Gasteiger charge is 2.16. The van der Waals surface area contributed by atoms with Crippen molar-refractivity contribution in [1.82, 2.24) is 5.32 Å². The molecule has 0 aliphatic carbocycles. The quantitative estimate of drug-likeness (QED) is 0.636. The average molecular weight is 228 g/mol. The molecule has 0 radical (unpaired) electrons. The minimum absolute atomic E-state index is 0.208. The van der Waals surface area contributed by atoms with Crippen molar-refractivity contribution >= 4 is 5.91 Å². The Hall–Kier alpha value is -0.570. The van der Waals surface area contributed by atoms with Gasteiger partial charge in [0.15, 0.2) is 0 Å². The summed E-state index contributed by atoms with van der Waals surface area (Å²) in [5.41, 5.74) is 5.48. The zero-order valence-electron chi connectivity index (χ0n) is 11.1. The van der Waals surface area contributed by atoms with Crippen molar-refractivity contribution in [1.29, 1.82) is 0 Å². The number of nitrogens with one attached hydrogen (secondary N) is 1. The average Bonchev–Trinajstić information content (AvgIpc) is 2.26. The molecule has 3 N–H and O–H groups in total. The van der Waals surface area contributed by atoms with E-state index >= 15 is 0 Å². The minimum Gasteiger partial charge on any atom is -0.356 e. The van der Waals surface area contributed by atoms with E-state index in [-0.39, 0.29) is 11.8 Å². The van der Waals surface area contributed by atoms with Crippen LogP contribution in [0.4, 0.5) is 0 Å². The van der Waals surface area contributed by atoms with E-state index in [1.807, 2.05) is 0 Å².